The predicted molar refractivity (Wildman–Crippen MR) is 79.8 cm³/mol. The van der Waals surface area contributed by atoms with Gasteiger partial charge in [-0.2, -0.15) is 0 Å². The van der Waals surface area contributed by atoms with Gasteiger partial charge in [0.1, 0.15) is 11.5 Å². The number of carbonyl (C=O) groups is 1. The van der Waals surface area contributed by atoms with Crippen LogP contribution in [0.1, 0.15) is 10.4 Å². The summed E-state index contributed by atoms with van der Waals surface area (Å²) < 4.78 is 15.7. The third-order valence-electron chi connectivity index (χ3n) is 3.02. The quantitative estimate of drug-likeness (QED) is 0.683. The zero-order chi connectivity index (χ0) is 15.4. The maximum absolute atomic E-state index is 11.5. The first kappa shape index (κ1) is 13.9. The average molecular weight is 295 g/mol. The Balaban J connectivity index is 1.84. The Morgan fingerprint density at radius 1 is 1.14 bits per heavy atom. The van der Waals surface area contributed by atoms with Gasteiger partial charge in [-0.25, -0.2) is 9.78 Å². The van der Waals surface area contributed by atoms with Gasteiger partial charge in [-0.05, 0) is 30.3 Å². The maximum Gasteiger partial charge on any atom is 0.338 e. The highest BCUT2D eigenvalue weighted by Crippen LogP contribution is 2.27. The van der Waals surface area contributed by atoms with Crippen molar-refractivity contribution in [2.75, 3.05) is 7.11 Å². The van der Waals surface area contributed by atoms with Gasteiger partial charge in [-0.1, -0.05) is 12.1 Å². The number of methoxy groups -OCH3 is 1. The van der Waals surface area contributed by atoms with Crippen molar-refractivity contribution in [2.24, 2.45) is 0 Å². The molecule has 3 aromatic rings. The van der Waals surface area contributed by atoms with Crippen molar-refractivity contribution in [1.82, 2.24) is 4.98 Å². The molecule has 0 fully saturated rings. The van der Waals surface area contributed by atoms with Crippen LogP contribution in [0.3, 0.4) is 0 Å². The summed E-state index contributed by atoms with van der Waals surface area (Å²) in [5.74, 6) is 1.24. The van der Waals surface area contributed by atoms with Gasteiger partial charge in [0.2, 0.25) is 5.88 Å². The third-order valence-corrected chi connectivity index (χ3v) is 3.02. The minimum atomic E-state index is -0.434. The Bertz CT molecular complexity index is 781. The van der Waals surface area contributed by atoms with Crippen LogP contribution >= 0.6 is 0 Å². The van der Waals surface area contributed by atoms with Crippen LogP contribution in [-0.2, 0) is 4.74 Å². The molecule has 1 aromatic carbocycles. The Kier molecular flexibility index (Phi) is 3.87. The van der Waals surface area contributed by atoms with E-state index < -0.39 is 5.97 Å². The van der Waals surface area contributed by atoms with Crippen LogP contribution in [0, 0.1) is 0 Å². The van der Waals surface area contributed by atoms with E-state index >= 15 is 0 Å². The van der Waals surface area contributed by atoms with Gasteiger partial charge in [-0.3, -0.25) is 0 Å². The molecule has 0 aliphatic rings. The lowest BCUT2D eigenvalue weighted by Crippen LogP contribution is -2.01. The maximum atomic E-state index is 11.5. The highest BCUT2D eigenvalue weighted by atomic mass is 16.5. The number of rotatable bonds is 4. The lowest BCUT2D eigenvalue weighted by atomic mass is 10.1. The molecule has 5 nitrogen and oxygen atoms in total. The highest BCUT2D eigenvalue weighted by Gasteiger charge is 2.08. The Hall–Kier alpha value is -3.08. The number of carbonyl (C=O) groups excluding carboxylic acids is 1. The van der Waals surface area contributed by atoms with Crippen LogP contribution in [0.4, 0.5) is 0 Å². The smallest absolute Gasteiger partial charge is 0.338 e. The first-order valence-corrected chi connectivity index (χ1v) is 6.62. The van der Waals surface area contributed by atoms with Gasteiger partial charge in [-0.15, -0.1) is 0 Å². The van der Waals surface area contributed by atoms with Gasteiger partial charge < -0.3 is 13.9 Å². The van der Waals surface area contributed by atoms with Crippen molar-refractivity contribution in [1.29, 1.82) is 0 Å². The molecule has 0 saturated heterocycles. The molecule has 3 rings (SSSR count). The van der Waals surface area contributed by atoms with Gasteiger partial charge in [0.25, 0.3) is 0 Å². The van der Waals surface area contributed by atoms with Gasteiger partial charge >= 0.3 is 5.97 Å². The molecule has 0 atom stereocenters. The second-order valence-electron chi connectivity index (χ2n) is 4.48. The van der Waals surface area contributed by atoms with E-state index in [-0.39, 0.29) is 0 Å². The summed E-state index contributed by atoms with van der Waals surface area (Å²) in [4.78, 5) is 15.6. The summed E-state index contributed by atoms with van der Waals surface area (Å²) in [6, 6.07) is 14.2. The van der Waals surface area contributed by atoms with Crippen LogP contribution in [0.25, 0.3) is 11.3 Å². The summed E-state index contributed by atoms with van der Waals surface area (Å²) in [5.41, 5.74) is 1.28. The summed E-state index contributed by atoms with van der Waals surface area (Å²) in [6.45, 7) is 0. The lowest BCUT2D eigenvalue weighted by molar-refractivity contribution is 0.0600. The highest BCUT2D eigenvalue weighted by molar-refractivity contribution is 5.89. The van der Waals surface area contributed by atoms with Crippen molar-refractivity contribution < 1.29 is 18.7 Å². The van der Waals surface area contributed by atoms with Crippen molar-refractivity contribution in [2.45, 2.75) is 0 Å². The lowest BCUT2D eigenvalue weighted by Gasteiger charge is -2.07. The van der Waals surface area contributed by atoms with Gasteiger partial charge in [0.15, 0.2) is 0 Å². The third kappa shape index (κ3) is 2.98. The fourth-order valence-electron chi connectivity index (χ4n) is 1.99. The standard InChI is InChI=1S/C17H13NO4/c1-20-17(19)13-7-8-18-16(11-13)22-14-5-2-4-12(10-14)15-6-3-9-21-15/h2-11H,1H3. The Morgan fingerprint density at radius 3 is 2.82 bits per heavy atom. The molecule has 0 N–H and O–H groups in total. The second kappa shape index (κ2) is 6.13. The minimum absolute atomic E-state index is 0.319. The Morgan fingerprint density at radius 2 is 2.05 bits per heavy atom. The number of pyridine rings is 1. The molecule has 5 heteroatoms. The van der Waals surface area contributed by atoms with Crippen LogP contribution in [0.15, 0.2) is 65.4 Å². The number of nitrogens with zero attached hydrogens (tertiary/aromatic N) is 1. The number of aromatic nitrogens is 1. The monoisotopic (exact) mass is 295 g/mol. The molecular weight excluding hydrogens is 282 g/mol. The van der Waals surface area contributed by atoms with Crippen molar-refractivity contribution in [3.8, 4) is 23.0 Å². The fourth-order valence-corrected chi connectivity index (χ4v) is 1.99. The van der Waals surface area contributed by atoms with E-state index in [1.165, 1.54) is 19.4 Å². The van der Waals surface area contributed by atoms with Crippen molar-refractivity contribution >= 4 is 5.97 Å². The molecule has 0 amide bonds. The largest absolute Gasteiger partial charge is 0.465 e. The van der Waals surface area contributed by atoms with E-state index in [4.69, 9.17) is 9.15 Å². The number of hydrogen-bond acceptors (Lipinski definition) is 5. The summed E-state index contributed by atoms with van der Waals surface area (Å²) in [5, 5.41) is 0. The number of hydrogen-bond donors (Lipinski definition) is 0. The molecular formula is C17H13NO4. The molecule has 2 heterocycles. The molecule has 0 saturated carbocycles. The first-order chi connectivity index (χ1) is 10.8. The van der Waals surface area contributed by atoms with Crippen molar-refractivity contribution in [3.05, 3.63) is 66.6 Å². The summed E-state index contributed by atoms with van der Waals surface area (Å²) in [7, 11) is 1.33. The van der Waals surface area contributed by atoms with Gasteiger partial charge in [0.05, 0.1) is 18.9 Å². The van der Waals surface area contributed by atoms with E-state index in [0.29, 0.717) is 17.2 Å². The normalized spacial score (nSPS) is 10.2. The average Bonchev–Trinajstić information content (AvgIpc) is 3.09. The van der Waals surface area contributed by atoms with Crippen LogP contribution in [-0.4, -0.2) is 18.1 Å². The molecule has 110 valence electrons. The number of esters is 1. The second-order valence-corrected chi connectivity index (χ2v) is 4.48. The molecule has 0 aliphatic carbocycles. The topological polar surface area (TPSA) is 61.6 Å². The Labute approximate surface area is 127 Å². The summed E-state index contributed by atoms with van der Waals surface area (Å²) in [6.07, 6.45) is 3.11. The molecule has 0 unspecified atom stereocenters. The number of furan rings is 1. The first-order valence-electron chi connectivity index (χ1n) is 6.62. The predicted octanol–water partition coefficient (Wildman–Crippen LogP) is 3.92. The zero-order valence-corrected chi connectivity index (χ0v) is 11.9. The SMILES string of the molecule is COC(=O)c1ccnc(Oc2cccc(-c3ccco3)c2)c1. The van der Waals surface area contributed by atoms with Crippen LogP contribution < -0.4 is 4.74 Å². The molecule has 0 radical (unpaired) electrons. The summed E-state index contributed by atoms with van der Waals surface area (Å²) >= 11 is 0. The molecule has 0 spiro atoms. The molecule has 0 bridgehead atoms. The fraction of sp³-hybridized carbons (Fsp3) is 0.0588. The van der Waals surface area contributed by atoms with Gasteiger partial charge in [0, 0.05) is 17.8 Å². The van der Waals surface area contributed by atoms with E-state index in [1.807, 2.05) is 30.3 Å². The van der Waals surface area contributed by atoms with Crippen molar-refractivity contribution in [3.63, 3.8) is 0 Å². The number of ether oxygens (including phenoxy) is 2. The van der Waals surface area contributed by atoms with E-state index in [2.05, 4.69) is 9.72 Å². The van der Waals surface area contributed by atoms with Crippen LogP contribution in [0.2, 0.25) is 0 Å². The molecule has 22 heavy (non-hydrogen) atoms. The van der Waals surface area contributed by atoms with E-state index in [1.54, 1.807) is 18.4 Å². The minimum Gasteiger partial charge on any atom is -0.465 e. The number of benzene rings is 1. The van der Waals surface area contributed by atoms with E-state index in [0.717, 1.165) is 11.3 Å². The van der Waals surface area contributed by atoms with E-state index in [9.17, 15) is 4.79 Å². The molecule has 2 aromatic heterocycles. The molecule has 0 aliphatic heterocycles. The van der Waals surface area contributed by atoms with Crippen LogP contribution in [0.5, 0.6) is 11.6 Å². The zero-order valence-electron chi connectivity index (χ0n) is 11.9.